The van der Waals surface area contributed by atoms with Crippen molar-refractivity contribution in [1.82, 2.24) is 14.7 Å². The SMILES string of the molecule is CCOc1ccc(CC(OC=O)N(CCN(CCN(CC(=O)O)CC(=O)O)CC(=O)O)COC=O)cc1. The Hall–Kier alpha value is -3.75. The van der Waals surface area contributed by atoms with Crippen LogP contribution in [0.15, 0.2) is 24.3 Å². The van der Waals surface area contributed by atoms with Crippen molar-refractivity contribution in [2.24, 2.45) is 0 Å². The van der Waals surface area contributed by atoms with Crippen LogP contribution < -0.4 is 4.74 Å². The third-order valence-corrected chi connectivity index (χ3v) is 5.09. The van der Waals surface area contributed by atoms with Gasteiger partial charge in [0.15, 0.2) is 6.23 Å². The smallest absolute Gasteiger partial charge is 0.317 e. The Morgan fingerprint density at radius 3 is 1.89 bits per heavy atom. The number of hydrogen-bond donors (Lipinski definition) is 3. The lowest BCUT2D eigenvalue weighted by Gasteiger charge is -2.32. The molecule has 3 N–H and O–H groups in total. The Bertz CT molecular complexity index is 850. The van der Waals surface area contributed by atoms with Crippen LogP contribution in [-0.4, -0.2) is 126 Å². The van der Waals surface area contributed by atoms with Gasteiger partial charge in [0.2, 0.25) is 0 Å². The van der Waals surface area contributed by atoms with E-state index in [9.17, 15) is 29.1 Å². The first kappa shape index (κ1) is 31.3. The van der Waals surface area contributed by atoms with Gasteiger partial charge in [-0.1, -0.05) is 12.1 Å². The van der Waals surface area contributed by atoms with Gasteiger partial charge in [0, 0.05) is 32.6 Å². The molecule has 0 saturated carbocycles. The molecule has 0 bridgehead atoms. The van der Waals surface area contributed by atoms with E-state index in [0.29, 0.717) is 12.4 Å². The van der Waals surface area contributed by atoms with Crippen LogP contribution in [0.3, 0.4) is 0 Å². The number of nitrogens with zero attached hydrogens (tertiary/aromatic N) is 3. The quantitative estimate of drug-likeness (QED) is 0.128. The molecule has 0 amide bonds. The molecule has 14 nitrogen and oxygen atoms in total. The molecule has 0 spiro atoms. The number of benzene rings is 1. The van der Waals surface area contributed by atoms with Crippen molar-refractivity contribution in [2.75, 3.05) is 59.2 Å². The maximum atomic E-state index is 11.4. The predicted octanol–water partition coefficient (Wildman–Crippen LogP) is -0.583. The van der Waals surface area contributed by atoms with E-state index in [4.69, 9.17) is 24.4 Å². The van der Waals surface area contributed by atoms with Crippen molar-refractivity contribution in [2.45, 2.75) is 19.6 Å². The molecule has 1 atom stereocenters. The van der Waals surface area contributed by atoms with Crippen LogP contribution in [0.1, 0.15) is 12.5 Å². The highest BCUT2D eigenvalue weighted by atomic mass is 16.6. The molecule has 0 aliphatic rings. The average Bonchev–Trinajstić information content (AvgIpc) is 2.82. The zero-order valence-electron chi connectivity index (χ0n) is 20.6. The molecule has 14 heteroatoms. The highest BCUT2D eigenvalue weighted by molar-refractivity contribution is 5.72. The maximum Gasteiger partial charge on any atom is 0.317 e. The number of aliphatic carboxylic acids is 3. The molecule has 0 heterocycles. The van der Waals surface area contributed by atoms with Gasteiger partial charge in [0.25, 0.3) is 12.9 Å². The molecule has 0 radical (unpaired) electrons. The van der Waals surface area contributed by atoms with Crippen molar-refractivity contribution >= 4 is 30.9 Å². The van der Waals surface area contributed by atoms with Gasteiger partial charge in [-0.05, 0) is 24.6 Å². The first-order chi connectivity index (χ1) is 17.7. The molecule has 0 aromatic heterocycles. The predicted molar refractivity (Wildman–Crippen MR) is 127 cm³/mol. The van der Waals surface area contributed by atoms with Gasteiger partial charge in [-0.3, -0.25) is 33.8 Å². The third kappa shape index (κ3) is 13.8. The van der Waals surface area contributed by atoms with Gasteiger partial charge in [0.1, 0.15) is 12.5 Å². The van der Waals surface area contributed by atoms with Crippen LogP contribution in [-0.2, 0) is 39.9 Å². The average molecular weight is 528 g/mol. The summed E-state index contributed by atoms with van der Waals surface area (Å²) >= 11 is 0. The molecule has 1 aromatic carbocycles. The summed E-state index contributed by atoms with van der Waals surface area (Å²) in [5.74, 6) is -2.91. The Balaban J connectivity index is 2.94. The number of carboxylic acid groups (broad SMARTS) is 3. The molecule has 0 aliphatic carbocycles. The number of rotatable bonds is 22. The second kappa shape index (κ2) is 17.6. The minimum Gasteiger partial charge on any atom is -0.494 e. The van der Waals surface area contributed by atoms with Gasteiger partial charge in [-0.15, -0.1) is 0 Å². The second-order valence-corrected chi connectivity index (χ2v) is 7.84. The van der Waals surface area contributed by atoms with Crippen molar-refractivity contribution in [3.8, 4) is 5.75 Å². The Morgan fingerprint density at radius 2 is 1.38 bits per heavy atom. The fraction of sp³-hybridized carbons (Fsp3) is 0.522. The van der Waals surface area contributed by atoms with E-state index in [1.54, 1.807) is 24.3 Å². The van der Waals surface area contributed by atoms with Crippen molar-refractivity contribution < 1.29 is 53.5 Å². The number of carbonyl (C=O) groups is 5. The second-order valence-electron chi connectivity index (χ2n) is 7.84. The molecule has 1 unspecified atom stereocenters. The number of hydrogen-bond acceptors (Lipinski definition) is 11. The molecule has 1 rings (SSSR count). The fourth-order valence-corrected chi connectivity index (χ4v) is 3.45. The van der Waals surface area contributed by atoms with Crippen LogP contribution in [0.25, 0.3) is 0 Å². The number of ether oxygens (including phenoxy) is 3. The summed E-state index contributed by atoms with van der Waals surface area (Å²) in [6.07, 6.45) is -0.616. The van der Waals surface area contributed by atoms with E-state index in [-0.39, 0.29) is 52.3 Å². The standard InChI is InChI=1S/C23H33N3O11/c1-2-36-19-5-3-18(4-6-19)11-20(37-17-28)26(15-35-16-27)10-9-24(12-21(29)30)7-8-25(13-22(31)32)14-23(33)34/h3-6,16-17,20H,2,7-15H2,1H3,(H,29,30)(H,31,32)(H,33,34). The van der Waals surface area contributed by atoms with Crippen LogP contribution in [0.4, 0.5) is 0 Å². The summed E-state index contributed by atoms with van der Waals surface area (Å²) in [6, 6.07) is 7.11. The molecule has 0 aliphatic heterocycles. The van der Waals surface area contributed by atoms with Gasteiger partial charge < -0.3 is 29.5 Å². The highest BCUT2D eigenvalue weighted by Crippen LogP contribution is 2.16. The monoisotopic (exact) mass is 527 g/mol. The Kier molecular flexibility index (Phi) is 14.9. The minimum absolute atomic E-state index is 0.0167. The normalized spacial score (nSPS) is 11.8. The number of carbonyl (C=O) groups excluding carboxylic acids is 2. The van der Waals surface area contributed by atoms with E-state index in [0.717, 1.165) is 10.5 Å². The van der Waals surface area contributed by atoms with Crippen molar-refractivity contribution in [3.05, 3.63) is 29.8 Å². The largest absolute Gasteiger partial charge is 0.494 e. The topological polar surface area (TPSA) is 183 Å². The van der Waals surface area contributed by atoms with E-state index in [1.807, 2.05) is 6.92 Å². The zero-order valence-corrected chi connectivity index (χ0v) is 20.6. The Morgan fingerprint density at radius 1 is 0.838 bits per heavy atom. The van der Waals surface area contributed by atoms with E-state index in [1.165, 1.54) is 9.80 Å². The van der Waals surface area contributed by atoms with E-state index in [2.05, 4.69) is 0 Å². The van der Waals surface area contributed by atoms with E-state index < -0.39 is 43.8 Å². The minimum atomic E-state index is -1.22. The van der Waals surface area contributed by atoms with Gasteiger partial charge in [0.05, 0.1) is 26.2 Å². The maximum absolute atomic E-state index is 11.4. The molecular weight excluding hydrogens is 494 g/mol. The highest BCUT2D eigenvalue weighted by Gasteiger charge is 2.23. The summed E-state index contributed by atoms with van der Waals surface area (Å²) in [6.45, 7) is 1.39. The zero-order chi connectivity index (χ0) is 27.6. The summed E-state index contributed by atoms with van der Waals surface area (Å²) in [7, 11) is 0. The van der Waals surface area contributed by atoms with Gasteiger partial charge >= 0.3 is 17.9 Å². The van der Waals surface area contributed by atoms with Crippen LogP contribution in [0, 0.1) is 0 Å². The van der Waals surface area contributed by atoms with Crippen LogP contribution in [0.2, 0.25) is 0 Å². The number of carboxylic acids is 3. The molecule has 1 aromatic rings. The summed E-state index contributed by atoms with van der Waals surface area (Å²) < 4.78 is 15.5. The van der Waals surface area contributed by atoms with Gasteiger partial charge in [-0.25, -0.2) is 4.90 Å². The first-order valence-electron chi connectivity index (χ1n) is 11.4. The molecule has 0 fully saturated rings. The summed E-state index contributed by atoms with van der Waals surface area (Å²) in [5.41, 5.74) is 0.798. The lowest BCUT2D eigenvalue weighted by molar-refractivity contribution is -0.154. The molecule has 37 heavy (non-hydrogen) atoms. The molecule has 206 valence electrons. The van der Waals surface area contributed by atoms with Crippen molar-refractivity contribution in [3.63, 3.8) is 0 Å². The van der Waals surface area contributed by atoms with Crippen LogP contribution >= 0.6 is 0 Å². The summed E-state index contributed by atoms with van der Waals surface area (Å²) in [5, 5.41) is 27.3. The van der Waals surface area contributed by atoms with Crippen LogP contribution in [0.5, 0.6) is 5.75 Å². The third-order valence-electron chi connectivity index (χ3n) is 5.09. The molecule has 0 saturated heterocycles. The lowest BCUT2D eigenvalue weighted by Crippen LogP contribution is -2.47. The fourth-order valence-electron chi connectivity index (χ4n) is 3.45. The molecular formula is C23H33N3O11. The first-order valence-corrected chi connectivity index (χ1v) is 11.4. The summed E-state index contributed by atoms with van der Waals surface area (Å²) in [4.78, 5) is 59.6. The van der Waals surface area contributed by atoms with Crippen molar-refractivity contribution in [1.29, 1.82) is 0 Å². The van der Waals surface area contributed by atoms with Gasteiger partial charge in [-0.2, -0.15) is 0 Å². The lowest BCUT2D eigenvalue weighted by atomic mass is 10.1. The Labute approximate surface area is 213 Å². The van der Waals surface area contributed by atoms with E-state index >= 15 is 0 Å².